The summed E-state index contributed by atoms with van der Waals surface area (Å²) < 4.78 is 5.12. The van der Waals surface area contributed by atoms with E-state index in [-0.39, 0.29) is 18.2 Å². The van der Waals surface area contributed by atoms with E-state index in [9.17, 15) is 9.59 Å². The largest absolute Gasteiger partial charge is 0.497 e. The van der Waals surface area contributed by atoms with Crippen molar-refractivity contribution in [1.82, 2.24) is 15.5 Å². The molecule has 2 N–H and O–H groups in total. The third-order valence-electron chi connectivity index (χ3n) is 3.30. The van der Waals surface area contributed by atoms with Crippen molar-refractivity contribution in [1.29, 1.82) is 0 Å². The number of nitrogens with one attached hydrogen (secondary N) is 2. The van der Waals surface area contributed by atoms with E-state index in [4.69, 9.17) is 4.74 Å². The number of aryl methyl sites for hydroxylation is 1. The number of ether oxygens (including phenoxy) is 1. The quantitative estimate of drug-likeness (QED) is 0.801. The van der Waals surface area contributed by atoms with E-state index in [0.29, 0.717) is 10.9 Å². The van der Waals surface area contributed by atoms with Gasteiger partial charge >= 0.3 is 0 Å². The van der Waals surface area contributed by atoms with Gasteiger partial charge in [0.15, 0.2) is 0 Å². The lowest BCUT2D eigenvalue weighted by atomic mass is 10.0. The minimum absolute atomic E-state index is 0.104. The first-order valence-corrected chi connectivity index (χ1v) is 8.36. The summed E-state index contributed by atoms with van der Waals surface area (Å²) in [6.07, 6.45) is 0.876. The van der Waals surface area contributed by atoms with Crippen molar-refractivity contribution in [2.45, 2.75) is 32.7 Å². The molecule has 7 nitrogen and oxygen atoms in total. The van der Waals surface area contributed by atoms with Crippen LogP contribution in [-0.2, 0) is 16.0 Å². The molecule has 2 rings (SSSR count). The molecule has 0 aliphatic heterocycles. The van der Waals surface area contributed by atoms with Gasteiger partial charge in [-0.2, -0.15) is 0 Å². The minimum atomic E-state index is -0.424. The molecule has 0 aliphatic carbocycles. The van der Waals surface area contributed by atoms with Crippen LogP contribution in [0.3, 0.4) is 0 Å². The van der Waals surface area contributed by atoms with Crippen molar-refractivity contribution in [2.24, 2.45) is 0 Å². The third-order valence-corrected chi connectivity index (χ3v) is 4.28. The number of hydrogen-bond donors (Lipinski definition) is 2. The number of nitrogens with zero attached hydrogens (tertiary/aromatic N) is 2. The predicted octanol–water partition coefficient (Wildman–Crippen LogP) is 2.32. The van der Waals surface area contributed by atoms with Gasteiger partial charge in [-0.1, -0.05) is 30.4 Å². The maximum absolute atomic E-state index is 12.3. The normalized spacial score (nSPS) is 11.6. The summed E-state index contributed by atoms with van der Waals surface area (Å²) in [4.78, 5) is 23.7. The van der Waals surface area contributed by atoms with Crippen molar-refractivity contribution < 1.29 is 14.3 Å². The highest BCUT2D eigenvalue weighted by molar-refractivity contribution is 7.15. The average Bonchev–Trinajstić information content (AvgIpc) is 3.01. The standard InChI is InChI=1S/C16H20N4O3S/c1-4-15-19-20-16(24-15)18-14(22)9-13(17-10(2)21)11-5-7-12(23-3)8-6-11/h5-8,13H,4,9H2,1-3H3,(H,17,21)(H,18,20,22). The summed E-state index contributed by atoms with van der Waals surface area (Å²) in [7, 11) is 1.58. The molecule has 0 spiro atoms. The zero-order valence-corrected chi connectivity index (χ0v) is 14.6. The first-order chi connectivity index (χ1) is 11.5. The second-order valence-corrected chi connectivity index (χ2v) is 6.20. The van der Waals surface area contributed by atoms with Crippen LogP contribution in [-0.4, -0.2) is 29.1 Å². The molecule has 0 fully saturated rings. The Labute approximate surface area is 144 Å². The molecule has 0 bridgehead atoms. The van der Waals surface area contributed by atoms with Gasteiger partial charge in [0, 0.05) is 6.92 Å². The number of carbonyl (C=O) groups excluding carboxylic acids is 2. The Morgan fingerprint density at radius 3 is 2.50 bits per heavy atom. The monoisotopic (exact) mass is 348 g/mol. The highest BCUT2D eigenvalue weighted by Crippen LogP contribution is 2.22. The number of rotatable bonds is 7. The Morgan fingerprint density at radius 1 is 1.25 bits per heavy atom. The van der Waals surface area contributed by atoms with E-state index < -0.39 is 6.04 Å². The number of benzene rings is 1. The lowest BCUT2D eigenvalue weighted by Gasteiger charge is -2.18. The molecule has 0 saturated carbocycles. The number of anilines is 1. The zero-order valence-electron chi connectivity index (χ0n) is 13.8. The molecule has 1 heterocycles. The molecular formula is C16H20N4O3S. The van der Waals surface area contributed by atoms with Crippen molar-refractivity contribution in [3.05, 3.63) is 34.8 Å². The van der Waals surface area contributed by atoms with Crippen LogP contribution in [0.2, 0.25) is 0 Å². The van der Waals surface area contributed by atoms with E-state index in [2.05, 4.69) is 20.8 Å². The van der Waals surface area contributed by atoms with Crippen LogP contribution in [0.1, 0.15) is 36.9 Å². The highest BCUT2D eigenvalue weighted by Gasteiger charge is 2.18. The van der Waals surface area contributed by atoms with Crippen LogP contribution in [0.4, 0.5) is 5.13 Å². The molecule has 8 heteroatoms. The second-order valence-electron chi connectivity index (χ2n) is 5.13. The minimum Gasteiger partial charge on any atom is -0.497 e. The Kier molecular flexibility index (Phi) is 6.25. The molecular weight excluding hydrogens is 328 g/mol. The van der Waals surface area contributed by atoms with Crippen LogP contribution in [0.5, 0.6) is 5.75 Å². The van der Waals surface area contributed by atoms with Crippen LogP contribution < -0.4 is 15.4 Å². The van der Waals surface area contributed by atoms with Gasteiger partial charge in [-0.3, -0.25) is 9.59 Å². The summed E-state index contributed by atoms with van der Waals surface area (Å²) in [6.45, 7) is 3.40. The molecule has 1 aromatic heterocycles. The van der Waals surface area contributed by atoms with Crippen LogP contribution >= 0.6 is 11.3 Å². The van der Waals surface area contributed by atoms with Gasteiger partial charge in [0.1, 0.15) is 10.8 Å². The SMILES string of the molecule is CCc1nnc(NC(=O)CC(NC(C)=O)c2ccc(OC)cc2)s1. The van der Waals surface area contributed by atoms with Gasteiger partial charge in [-0.05, 0) is 24.1 Å². The lowest BCUT2D eigenvalue weighted by molar-refractivity contribution is -0.120. The smallest absolute Gasteiger partial charge is 0.228 e. The van der Waals surface area contributed by atoms with Crippen molar-refractivity contribution in [3.8, 4) is 5.75 Å². The molecule has 1 aromatic carbocycles. The fraction of sp³-hybridized carbons (Fsp3) is 0.375. The summed E-state index contributed by atoms with van der Waals surface area (Å²) in [5.74, 6) is 0.280. The molecule has 2 aromatic rings. The zero-order chi connectivity index (χ0) is 17.5. The Balaban J connectivity index is 2.06. The van der Waals surface area contributed by atoms with Crippen molar-refractivity contribution in [3.63, 3.8) is 0 Å². The van der Waals surface area contributed by atoms with Gasteiger partial charge in [0.05, 0.1) is 19.6 Å². The topological polar surface area (TPSA) is 93.2 Å². The Hall–Kier alpha value is -2.48. The predicted molar refractivity (Wildman–Crippen MR) is 92.1 cm³/mol. The molecule has 128 valence electrons. The van der Waals surface area contributed by atoms with Gasteiger partial charge < -0.3 is 15.4 Å². The maximum atomic E-state index is 12.3. The van der Waals surface area contributed by atoms with Gasteiger partial charge in [-0.15, -0.1) is 10.2 Å². The van der Waals surface area contributed by atoms with Gasteiger partial charge in [0.2, 0.25) is 16.9 Å². The number of carbonyl (C=O) groups is 2. The van der Waals surface area contributed by atoms with Gasteiger partial charge in [-0.25, -0.2) is 0 Å². The van der Waals surface area contributed by atoms with Crippen LogP contribution in [0.25, 0.3) is 0 Å². The van der Waals surface area contributed by atoms with E-state index >= 15 is 0 Å². The fourth-order valence-corrected chi connectivity index (χ4v) is 2.83. The summed E-state index contributed by atoms with van der Waals surface area (Å²) >= 11 is 1.34. The van der Waals surface area contributed by atoms with E-state index in [1.54, 1.807) is 19.2 Å². The van der Waals surface area contributed by atoms with E-state index in [1.807, 2.05) is 19.1 Å². The molecule has 1 atom stereocenters. The number of hydrogen-bond acceptors (Lipinski definition) is 6. The van der Waals surface area contributed by atoms with Crippen LogP contribution in [0.15, 0.2) is 24.3 Å². The summed E-state index contributed by atoms with van der Waals surface area (Å²) in [5, 5.41) is 14.7. The first kappa shape index (κ1) is 17.9. The molecule has 0 radical (unpaired) electrons. The van der Waals surface area contributed by atoms with Crippen molar-refractivity contribution in [2.75, 3.05) is 12.4 Å². The van der Waals surface area contributed by atoms with Crippen molar-refractivity contribution >= 4 is 28.3 Å². The second kappa shape index (κ2) is 8.39. The molecule has 24 heavy (non-hydrogen) atoms. The van der Waals surface area contributed by atoms with Crippen LogP contribution in [0, 0.1) is 0 Å². The molecule has 1 unspecified atom stereocenters. The average molecular weight is 348 g/mol. The lowest BCUT2D eigenvalue weighted by Crippen LogP contribution is -2.29. The van der Waals surface area contributed by atoms with Gasteiger partial charge in [0.25, 0.3) is 0 Å². The molecule has 0 aliphatic rings. The fourth-order valence-electron chi connectivity index (χ4n) is 2.14. The van der Waals surface area contributed by atoms with E-state index in [0.717, 1.165) is 17.0 Å². The first-order valence-electron chi connectivity index (χ1n) is 7.55. The summed E-state index contributed by atoms with van der Waals surface area (Å²) in [6, 6.07) is 6.81. The van der Waals surface area contributed by atoms with E-state index in [1.165, 1.54) is 18.3 Å². The Morgan fingerprint density at radius 2 is 1.96 bits per heavy atom. The third kappa shape index (κ3) is 5.02. The number of amides is 2. The Bertz CT molecular complexity index is 700. The number of methoxy groups -OCH3 is 1. The molecule has 2 amide bonds. The maximum Gasteiger partial charge on any atom is 0.228 e. The molecule has 0 saturated heterocycles. The summed E-state index contributed by atoms with van der Waals surface area (Å²) in [5.41, 5.74) is 0.827. The highest BCUT2D eigenvalue weighted by atomic mass is 32.1. The number of aromatic nitrogens is 2.